The van der Waals surface area contributed by atoms with Gasteiger partial charge in [0.15, 0.2) is 5.13 Å². The van der Waals surface area contributed by atoms with Gasteiger partial charge in [0.25, 0.3) is 5.91 Å². The van der Waals surface area contributed by atoms with Crippen molar-refractivity contribution in [2.45, 2.75) is 32.2 Å². The van der Waals surface area contributed by atoms with Crippen molar-refractivity contribution < 1.29 is 4.79 Å². The molecule has 144 valence electrons. The van der Waals surface area contributed by atoms with E-state index in [1.165, 1.54) is 17.7 Å². The molecule has 1 aliphatic rings. The lowest BCUT2D eigenvalue weighted by Crippen LogP contribution is -2.31. The highest BCUT2D eigenvalue weighted by molar-refractivity contribution is 7.16. The molecular formula is C23H20N4OS. The van der Waals surface area contributed by atoms with Crippen LogP contribution in [0.4, 0.5) is 5.13 Å². The molecule has 1 amide bonds. The lowest BCUT2D eigenvalue weighted by Gasteiger charge is -2.19. The fourth-order valence-electron chi connectivity index (χ4n) is 3.64. The molecule has 0 atom stereocenters. The van der Waals surface area contributed by atoms with E-state index >= 15 is 0 Å². The van der Waals surface area contributed by atoms with Gasteiger partial charge in [-0.2, -0.15) is 0 Å². The molecule has 1 aliphatic carbocycles. The largest absolute Gasteiger partial charge is 0.280 e. The molecular weight excluding hydrogens is 380 g/mol. The van der Waals surface area contributed by atoms with E-state index < -0.39 is 0 Å². The zero-order valence-corrected chi connectivity index (χ0v) is 16.7. The zero-order chi connectivity index (χ0) is 19.6. The van der Waals surface area contributed by atoms with Gasteiger partial charge in [0.05, 0.1) is 29.5 Å². The lowest BCUT2D eigenvalue weighted by molar-refractivity contribution is 0.0980. The van der Waals surface area contributed by atoms with Gasteiger partial charge in [-0.3, -0.25) is 14.7 Å². The summed E-state index contributed by atoms with van der Waals surface area (Å²) in [5.41, 5.74) is 4.04. The van der Waals surface area contributed by atoms with Crippen molar-refractivity contribution in [1.29, 1.82) is 0 Å². The number of amides is 1. The summed E-state index contributed by atoms with van der Waals surface area (Å²) in [6.45, 7) is 0.459. The first-order chi connectivity index (χ1) is 14.3. The van der Waals surface area contributed by atoms with Gasteiger partial charge in [-0.15, -0.1) is 11.3 Å². The number of anilines is 1. The van der Waals surface area contributed by atoms with Crippen LogP contribution in [-0.2, 0) is 19.4 Å². The fraction of sp³-hybridized carbons (Fsp3) is 0.217. The lowest BCUT2D eigenvalue weighted by atomic mass is 10.0. The third-order valence-electron chi connectivity index (χ3n) is 5.16. The van der Waals surface area contributed by atoms with Crippen molar-refractivity contribution in [2.75, 3.05) is 4.90 Å². The number of benzene rings is 2. The van der Waals surface area contributed by atoms with E-state index in [1.54, 1.807) is 22.4 Å². The maximum atomic E-state index is 13.5. The molecule has 0 spiro atoms. The second-order valence-corrected chi connectivity index (χ2v) is 8.26. The molecule has 0 bridgehead atoms. The Bertz CT molecular complexity index is 1150. The fourth-order valence-corrected chi connectivity index (χ4v) is 4.79. The number of thiazole rings is 1. The Kier molecular flexibility index (Phi) is 4.77. The van der Waals surface area contributed by atoms with Crippen LogP contribution < -0.4 is 4.90 Å². The van der Waals surface area contributed by atoms with Gasteiger partial charge < -0.3 is 0 Å². The second-order valence-electron chi connectivity index (χ2n) is 7.19. The topological polar surface area (TPSA) is 59.0 Å². The maximum absolute atomic E-state index is 13.5. The van der Waals surface area contributed by atoms with E-state index in [9.17, 15) is 4.79 Å². The Hall–Kier alpha value is -3.12. The average molecular weight is 401 g/mol. The molecule has 0 N–H and O–H groups in total. The van der Waals surface area contributed by atoms with Gasteiger partial charge in [0.2, 0.25) is 0 Å². The van der Waals surface area contributed by atoms with E-state index in [-0.39, 0.29) is 5.91 Å². The van der Waals surface area contributed by atoms with E-state index in [1.807, 2.05) is 54.6 Å². The van der Waals surface area contributed by atoms with Crippen LogP contribution in [0.5, 0.6) is 0 Å². The SMILES string of the molecule is O=C(c1cnc2ccccc2n1)N(Cc1ccccc1)c1nc2c(s1)CCCC2. The molecule has 0 fully saturated rings. The number of rotatable bonds is 4. The summed E-state index contributed by atoms with van der Waals surface area (Å²) in [4.78, 5) is 30.4. The van der Waals surface area contributed by atoms with Crippen molar-refractivity contribution in [1.82, 2.24) is 15.0 Å². The molecule has 2 aromatic heterocycles. The molecule has 0 radical (unpaired) electrons. The molecule has 0 unspecified atom stereocenters. The highest BCUT2D eigenvalue weighted by Crippen LogP contribution is 2.33. The maximum Gasteiger partial charge on any atom is 0.280 e. The number of hydrogen-bond donors (Lipinski definition) is 0. The summed E-state index contributed by atoms with van der Waals surface area (Å²) in [6, 6.07) is 17.6. The van der Waals surface area contributed by atoms with Crippen LogP contribution in [0.1, 0.15) is 39.5 Å². The predicted octanol–water partition coefficient (Wildman–Crippen LogP) is 4.81. The standard InChI is InChI=1S/C23H20N4OS/c28-22(20-14-24-17-10-4-5-11-18(17)25-20)27(15-16-8-2-1-3-9-16)23-26-19-12-6-7-13-21(19)29-23/h1-5,8-11,14H,6-7,12-13,15H2. The Morgan fingerprint density at radius 1 is 0.931 bits per heavy atom. The van der Waals surface area contributed by atoms with Crippen LogP contribution in [0.2, 0.25) is 0 Å². The number of aryl methyl sites for hydroxylation is 2. The van der Waals surface area contributed by atoms with Crippen molar-refractivity contribution in [3.8, 4) is 0 Å². The normalized spacial score (nSPS) is 13.2. The van der Waals surface area contributed by atoms with Crippen LogP contribution in [0, 0.1) is 0 Å². The first-order valence-corrected chi connectivity index (χ1v) is 10.7. The molecule has 6 heteroatoms. The number of carbonyl (C=O) groups excluding carboxylic acids is 1. The van der Waals surface area contributed by atoms with Crippen LogP contribution in [-0.4, -0.2) is 20.9 Å². The quantitative estimate of drug-likeness (QED) is 0.493. The average Bonchev–Trinajstić information content (AvgIpc) is 3.21. The van der Waals surface area contributed by atoms with Crippen molar-refractivity contribution in [3.05, 3.63) is 82.6 Å². The third-order valence-corrected chi connectivity index (χ3v) is 6.34. The number of fused-ring (bicyclic) bond motifs is 2. The Morgan fingerprint density at radius 3 is 2.52 bits per heavy atom. The number of nitrogens with zero attached hydrogens (tertiary/aromatic N) is 4. The van der Waals surface area contributed by atoms with E-state index in [2.05, 4.69) is 9.97 Å². The molecule has 29 heavy (non-hydrogen) atoms. The predicted molar refractivity (Wildman–Crippen MR) is 115 cm³/mol. The molecule has 4 aromatic rings. The molecule has 0 saturated heterocycles. The molecule has 0 aliphatic heterocycles. The second kappa shape index (κ2) is 7.72. The molecule has 5 rings (SSSR count). The minimum atomic E-state index is -0.168. The van der Waals surface area contributed by atoms with Gasteiger partial charge in [0, 0.05) is 4.88 Å². The van der Waals surface area contributed by atoms with Gasteiger partial charge in [0.1, 0.15) is 5.69 Å². The Labute approximate surface area is 173 Å². The Balaban J connectivity index is 1.54. The number of hydrogen-bond acceptors (Lipinski definition) is 5. The number of aromatic nitrogens is 3. The van der Waals surface area contributed by atoms with E-state index in [0.717, 1.165) is 40.3 Å². The first kappa shape index (κ1) is 17.9. The highest BCUT2D eigenvalue weighted by atomic mass is 32.1. The molecule has 2 aromatic carbocycles. The smallest absolute Gasteiger partial charge is 0.278 e. The molecule has 5 nitrogen and oxygen atoms in total. The summed E-state index contributed by atoms with van der Waals surface area (Å²) >= 11 is 1.64. The van der Waals surface area contributed by atoms with Crippen molar-refractivity contribution in [3.63, 3.8) is 0 Å². The molecule has 2 heterocycles. The summed E-state index contributed by atoms with van der Waals surface area (Å²) in [5.74, 6) is -0.168. The van der Waals surface area contributed by atoms with Crippen molar-refractivity contribution in [2.24, 2.45) is 0 Å². The summed E-state index contributed by atoms with van der Waals surface area (Å²) in [6.07, 6.45) is 5.97. The van der Waals surface area contributed by atoms with Crippen LogP contribution in [0.25, 0.3) is 11.0 Å². The van der Waals surface area contributed by atoms with Gasteiger partial charge in [-0.05, 0) is 43.4 Å². The monoisotopic (exact) mass is 400 g/mol. The van der Waals surface area contributed by atoms with Gasteiger partial charge in [-0.1, -0.05) is 42.5 Å². The van der Waals surface area contributed by atoms with E-state index in [4.69, 9.17) is 4.98 Å². The van der Waals surface area contributed by atoms with Gasteiger partial charge >= 0.3 is 0 Å². The third kappa shape index (κ3) is 3.63. The van der Waals surface area contributed by atoms with Crippen LogP contribution in [0.15, 0.2) is 60.8 Å². The summed E-state index contributed by atoms with van der Waals surface area (Å²) in [5, 5.41) is 0.751. The summed E-state index contributed by atoms with van der Waals surface area (Å²) in [7, 11) is 0. The van der Waals surface area contributed by atoms with Gasteiger partial charge in [-0.25, -0.2) is 9.97 Å². The van der Waals surface area contributed by atoms with Crippen molar-refractivity contribution >= 4 is 33.4 Å². The zero-order valence-electron chi connectivity index (χ0n) is 15.9. The first-order valence-electron chi connectivity index (χ1n) is 9.84. The minimum Gasteiger partial charge on any atom is -0.278 e. The highest BCUT2D eigenvalue weighted by Gasteiger charge is 2.25. The van der Waals surface area contributed by atoms with Crippen LogP contribution in [0.3, 0.4) is 0 Å². The number of carbonyl (C=O) groups is 1. The summed E-state index contributed by atoms with van der Waals surface area (Å²) < 4.78 is 0. The Morgan fingerprint density at radius 2 is 1.69 bits per heavy atom. The molecule has 0 saturated carbocycles. The van der Waals surface area contributed by atoms with Crippen LogP contribution >= 0.6 is 11.3 Å². The minimum absolute atomic E-state index is 0.168. The number of para-hydroxylation sites is 2. The van der Waals surface area contributed by atoms with E-state index in [0.29, 0.717) is 12.2 Å².